The smallest absolute Gasteiger partial charge is 0.462 e. The summed E-state index contributed by atoms with van der Waals surface area (Å²) in [5, 5.41) is 6.63. The van der Waals surface area contributed by atoms with E-state index in [1.54, 1.807) is 12.4 Å². The van der Waals surface area contributed by atoms with Crippen molar-refractivity contribution in [2.75, 3.05) is 0 Å². The molecule has 118 valence electrons. The van der Waals surface area contributed by atoms with Gasteiger partial charge in [-0.05, 0) is 48.5 Å². The number of hydrogen-bond acceptors (Lipinski definition) is 5. The third-order valence-corrected chi connectivity index (χ3v) is 3.45. The molecular formula is C14H25BN2O4. The van der Waals surface area contributed by atoms with Gasteiger partial charge >= 0.3 is 7.12 Å². The summed E-state index contributed by atoms with van der Waals surface area (Å²) in [6.45, 7) is 14.1. The first-order valence-electron chi connectivity index (χ1n) is 6.94. The molecule has 2 rings (SSSR count). The maximum Gasteiger partial charge on any atom is 0.498 e. The lowest BCUT2D eigenvalue weighted by Gasteiger charge is -2.32. The molecule has 0 unspecified atom stereocenters. The predicted octanol–water partition coefficient (Wildman–Crippen LogP) is 1.67. The van der Waals surface area contributed by atoms with E-state index in [1.807, 2.05) is 48.5 Å². The minimum Gasteiger partial charge on any atom is -0.462 e. The number of aromatic amines is 1. The van der Waals surface area contributed by atoms with Crippen molar-refractivity contribution >= 4 is 19.1 Å². The second-order valence-electron chi connectivity index (χ2n) is 6.95. The molecule has 0 saturated carbocycles. The number of rotatable bonds is 2. The monoisotopic (exact) mass is 296 g/mol. The molecule has 1 aliphatic heterocycles. The van der Waals surface area contributed by atoms with Gasteiger partial charge < -0.3 is 14.0 Å². The zero-order valence-electron chi connectivity index (χ0n) is 13.9. The van der Waals surface area contributed by atoms with Crippen molar-refractivity contribution < 1.29 is 18.8 Å². The number of nitrogens with one attached hydrogen (secondary N) is 1. The van der Waals surface area contributed by atoms with E-state index in [0.717, 1.165) is 5.46 Å². The Morgan fingerprint density at radius 3 is 2.05 bits per heavy atom. The molecule has 2 heterocycles. The molecule has 0 amide bonds. The molecule has 0 aromatic carbocycles. The van der Waals surface area contributed by atoms with Gasteiger partial charge in [-0.1, -0.05) is 0 Å². The quantitative estimate of drug-likeness (QED) is 0.664. The van der Waals surface area contributed by atoms with Gasteiger partial charge in [0.25, 0.3) is 6.47 Å². The van der Waals surface area contributed by atoms with Crippen LogP contribution in [-0.2, 0) is 18.8 Å². The van der Waals surface area contributed by atoms with Crippen molar-refractivity contribution in [1.82, 2.24) is 10.2 Å². The fourth-order valence-electron chi connectivity index (χ4n) is 1.51. The van der Waals surface area contributed by atoms with Crippen LogP contribution in [0.2, 0.25) is 0 Å². The van der Waals surface area contributed by atoms with Crippen LogP contribution in [0.15, 0.2) is 12.4 Å². The molecule has 0 spiro atoms. The lowest BCUT2D eigenvalue weighted by Crippen LogP contribution is -2.41. The second kappa shape index (κ2) is 6.19. The first kappa shape index (κ1) is 17.7. The number of H-pyrrole nitrogens is 1. The van der Waals surface area contributed by atoms with Crippen LogP contribution in [0.25, 0.3) is 0 Å². The molecule has 1 aromatic heterocycles. The molecule has 7 heteroatoms. The van der Waals surface area contributed by atoms with Gasteiger partial charge in [-0.15, -0.1) is 0 Å². The van der Waals surface area contributed by atoms with Crippen molar-refractivity contribution in [2.24, 2.45) is 0 Å². The summed E-state index contributed by atoms with van der Waals surface area (Å²) >= 11 is 0. The topological polar surface area (TPSA) is 73.4 Å². The van der Waals surface area contributed by atoms with E-state index in [9.17, 15) is 4.79 Å². The standard InChI is InChI=1S/C9H15BN2O2.C5H10O2/c1-8(2)9(3,4)14-10(13-8)7-5-11-12-6-7;1-5(2,3)7-4-6/h5-6H,1-4H3,(H,11,12);4H,1-3H3. The maximum atomic E-state index is 9.60. The van der Waals surface area contributed by atoms with Gasteiger partial charge in [0.2, 0.25) is 0 Å². The highest BCUT2D eigenvalue weighted by molar-refractivity contribution is 6.61. The summed E-state index contributed by atoms with van der Waals surface area (Å²) in [7, 11) is -0.307. The van der Waals surface area contributed by atoms with Crippen molar-refractivity contribution in [3.63, 3.8) is 0 Å². The zero-order chi connectivity index (χ0) is 16.3. The molecule has 6 nitrogen and oxygen atoms in total. The highest BCUT2D eigenvalue weighted by Crippen LogP contribution is 2.36. The van der Waals surface area contributed by atoms with Gasteiger partial charge in [-0.25, -0.2) is 0 Å². The van der Waals surface area contributed by atoms with E-state index >= 15 is 0 Å². The summed E-state index contributed by atoms with van der Waals surface area (Å²) in [5.74, 6) is 0. The maximum absolute atomic E-state index is 9.60. The minimum atomic E-state index is -0.318. The SMILES string of the molecule is CC(C)(C)OC=O.CC1(C)OB(c2cn[nH]c2)OC1(C)C. The van der Waals surface area contributed by atoms with Crippen LogP contribution in [0.1, 0.15) is 48.5 Å². The Morgan fingerprint density at radius 1 is 1.24 bits per heavy atom. The molecule has 0 atom stereocenters. The van der Waals surface area contributed by atoms with E-state index in [4.69, 9.17) is 9.31 Å². The Morgan fingerprint density at radius 2 is 1.76 bits per heavy atom. The summed E-state index contributed by atoms with van der Waals surface area (Å²) in [6.07, 6.45) is 3.52. The van der Waals surface area contributed by atoms with Gasteiger partial charge in [0, 0.05) is 17.9 Å². The van der Waals surface area contributed by atoms with E-state index in [0.29, 0.717) is 6.47 Å². The van der Waals surface area contributed by atoms with Crippen LogP contribution in [0.5, 0.6) is 0 Å². The van der Waals surface area contributed by atoms with Crippen LogP contribution >= 0.6 is 0 Å². The Labute approximate surface area is 126 Å². The van der Waals surface area contributed by atoms with E-state index in [1.165, 1.54) is 0 Å². The lowest BCUT2D eigenvalue weighted by atomic mass is 9.82. The third-order valence-electron chi connectivity index (χ3n) is 3.45. The highest BCUT2D eigenvalue weighted by Gasteiger charge is 2.51. The molecule has 1 aliphatic rings. The zero-order valence-corrected chi connectivity index (χ0v) is 13.9. The van der Waals surface area contributed by atoms with Gasteiger partial charge in [0.05, 0.1) is 11.2 Å². The average molecular weight is 296 g/mol. The number of carbonyl (C=O) groups excluding carboxylic acids is 1. The average Bonchev–Trinajstić information content (AvgIpc) is 2.85. The van der Waals surface area contributed by atoms with Gasteiger partial charge in [0.1, 0.15) is 5.60 Å². The molecule has 0 aliphatic carbocycles. The Balaban J connectivity index is 0.000000270. The largest absolute Gasteiger partial charge is 0.498 e. The van der Waals surface area contributed by atoms with E-state index < -0.39 is 0 Å². The molecule has 1 saturated heterocycles. The van der Waals surface area contributed by atoms with Crippen LogP contribution in [0.3, 0.4) is 0 Å². The third kappa shape index (κ3) is 4.86. The molecule has 0 bridgehead atoms. The van der Waals surface area contributed by atoms with Crippen molar-refractivity contribution in [3.05, 3.63) is 12.4 Å². The molecule has 1 N–H and O–H groups in total. The summed E-state index contributed by atoms with van der Waals surface area (Å²) in [4.78, 5) is 9.60. The highest BCUT2D eigenvalue weighted by atomic mass is 16.7. The van der Waals surface area contributed by atoms with Gasteiger partial charge in [0.15, 0.2) is 0 Å². The van der Waals surface area contributed by atoms with E-state index in [-0.39, 0.29) is 23.9 Å². The van der Waals surface area contributed by atoms with Crippen LogP contribution in [0, 0.1) is 0 Å². The number of hydrogen-bond donors (Lipinski definition) is 1. The summed E-state index contributed by atoms with van der Waals surface area (Å²) in [6, 6.07) is 0. The van der Waals surface area contributed by atoms with Crippen molar-refractivity contribution in [2.45, 2.75) is 65.3 Å². The number of nitrogens with zero attached hydrogens (tertiary/aromatic N) is 1. The number of ether oxygens (including phenoxy) is 1. The van der Waals surface area contributed by atoms with Gasteiger partial charge in [-0.3, -0.25) is 9.89 Å². The van der Waals surface area contributed by atoms with Crippen molar-refractivity contribution in [1.29, 1.82) is 0 Å². The van der Waals surface area contributed by atoms with Gasteiger partial charge in [-0.2, -0.15) is 5.10 Å². The second-order valence-corrected chi connectivity index (χ2v) is 6.95. The van der Waals surface area contributed by atoms with Crippen molar-refractivity contribution in [3.8, 4) is 0 Å². The Bertz CT molecular complexity index is 436. The first-order valence-corrected chi connectivity index (χ1v) is 6.94. The van der Waals surface area contributed by atoms with E-state index in [2.05, 4.69) is 14.9 Å². The summed E-state index contributed by atoms with van der Waals surface area (Å²) in [5.41, 5.74) is 0.0506. The Hall–Kier alpha value is -1.34. The molecule has 1 aromatic rings. The molecule has 21 heavy (non-hydrogen) atoms. The molecular weight excluding hydrogens is 271 g/mol. The minimum absolute atomic E-state index is 0.283. The van der Waals surface area contributed by atoms with Crippen LogP contribution in [-0.4, -0.2) is 40.6 Å². The Kier molecular flexibility index (Phi) is 5.23. The fourth-order valence-corrected chi connectivity index (χ4v) is 1.51. The number of aromatic nitrogens is 2. The molecule has 1 fully saturated rings. The normalized spacial score (nSPS) is 19.7. The number of carbonyl (C=O) groups is 1. The summed E-state index contributed by atoms with van der Waals surface area (Å²) < 4.78 is 16.2. The van der Waals surface area contributed by atoms with Crippen LogP contribution in [0.4, 0.5) is 0 Å². The predicted molar refractivity (Wildman–Crippen MR) is 81.2 cm³/mol. The fraction of sp³-hybridized carbons (Fsp3) is 0.714. The lowest BCUT2D eigenvalue weighted by molar-refractivity contribution is -0.138. The van der Waals surface area contributed by atoms with Crippen LogP contribution < -0.4 is 5.46 Å². The molecule has 0 radical (unpaired) electrons. The first-order chi connectivity index (χ1) is 9.48.